The summed E-state index contributed by atoms with van der Waals surface area (Å²) in [5.74, 6) is 0. The van der Waals surface area contributed by atoms with Crippen LogP contribution in [0.4, 0.5) is 0 Å². The van der Waals surface area contributed by atoms with Crippen molar-refractivity contribution in [3.63, 3.8) is 0 Å². The highest BCUT2D eigenvalue weighted by Crippen LogP contribution is 2.36. The van der Waals surface area contributed by atoms with E-state index in [4.69, 9.17) is 9.31 Å². The van der Waals surface area contributed by atoms with E-state index in [2.05, 4.69) is 44.0 Å². The Balaban J connectivity index is 1.76. The van der Waals surface area contributed by atoms with Gasteiger partial charge in [0.15, 0.2) is 0 Å². The molecule has 0 aliphatic carbocycles. The van der Waals surface area contributed by atoms with Crippen LogP contribution in [0.2, 0.25) is 0 Å². The molecule has 1 aliphatic heterocycles. The van der Waals surface area contributed by atoms with Gasteiger partial charge in [-0.1, -0.05) is 0 Å². The molecule has 3 heterocycles. The SMILES string of the molecule is Cc1cc(Cn2cc(B3OC(C)(C)C(C)(C)O3)cn2)n(C)n1. The molecule has 118 valence electrons. The van der Waals surface area contributed by atoms with Crippen LogP contribution in [0.5, 0.6) is 0 Å². The van der Waals surface area contributed by atoms with Crippen molar-refractivity contribution in [3.05, 3.63) is 29.8 Å². The Labute approximate surface area is 131 Å². The van der Waals surface area contributed by atoms with Gasteiger partial charge >= 0.3 is 7.12 Å². The van der Waals surface area contributed by atoms with Crippen LogP contribution in [0, 0.1) is 6.92 Å². The highest BCUT2D eigenvalue weighted by atomic mass is 16.7. The summed E-state index contributed by atoms with van der Waals surface area (Å²) in [6, 6.07) is 2.07. The van der Waals surface area contributed by atoms with Crippen LogP contribution >= 0.6 is 0 Å². The van der Waals surface area contributed by atoms with E-state index in [9.17, 15) is 0 Å². The van der Waals surface area contributed by atoms with Crippen molar-refractivity contribution in [3.8, 4) is 0 Å². The average Bonchev–Trinajstić information content (AvgIpc) is 3.00. The number of hydrogen-bond donors (Lipinski definition) is 0. The Bertz CT molecular complexity index is 674. The highest BCUT2D eigenvalue weighted by Gasteiger charge is 2.52. The van der Waals surface area contributed by atoms with E-state index in [1.54, 1.807) is 0 Å². The molecule has 2 aromatic heterocycles. The van der Waals surface area contributed by atoms with E-state index in [0.717, 1.165) is 16.9 Å². The first-order chi connectivity index (χ1) is 10.2. The molecule has 6 nitrogen and oxygen atoms in total. The molecule has 0 amide bonds. The predicted octanol–water partition coefficient (Wildman–Crippen LogP) is 1.27. The third kappa shape index (κ3) is 2.59. The lowest BCUT2D eigenvalue weighted by Gasteiger charge is -2.32. The minimum atomic E-state index is -0.368. The molecule has 0 spiro atoms. The van der Waals surface area contributed by atoms with Crippen molar-refractivity contribution in [2.75, 3.05) is 0 Å². The zero-order valence-electron chi connectivity index (χ0n) is 14.1. The number of hydrogen-bond acceptors (Lipinski definition) is 4. The molecule has 2 aromatic rings. The molecular formula is C15H23BN4O2. The highest BCUT2D eigenvalue weighted by molar-refractivity contribution is 6.61. The number of nitrogens with zero attached hydrogens (tertiary/aromatic N) is 4. The smallest absolute Gasteiger partial charge is 0.399 e. The number of aromatic nitrogens is 4. The molecule has 3 rings (SSSR count). The summed E-state index contributed by atoms with van der Waals surface area (Å²) in [5.41, 5.74) is 2.40. The monoisotopic (exact) mass is 302 g/mol. The maximum Gasteiger partial charge on any atom is 0.498 e. The van der Waals surface area contributed by atoms with Crippen molar-refractivity contribution in [2.45, 2.75) is 52.4 Å². The molecule has 1 aliphatic rings. The second-order valence-corrected chi connectivity index (χ2v) is 6.96. The van der Waals surface area contributed by atoms with Gasteiger partial charge in [0.1, 0.15) is 0 Å². The van der Waals surface area contributed by atoms with Gasteiger partial charge < -0.3 is 9.31 Å². The largest absolute Gasteiger partial charge is 0.498 e. The molecule has 7 heteroatoms. The van der Waals surface area contributed by atoms with Crippen LogP contribution in [0.1, 0.15) is 39.1 Å². The molecule has 22 heavy (non-hydrogen) atoms. The van der Waals surface area contributed by atoms with E-state index < -0.39 is 0 Å². The van der Waals surface area contributed by atoms with Gasteiger partial charge in [0.05, 0.1) is 29.1 Å². The molecule has 0 bridgehead atoms. The van der Waals surface area contributed by atoms with Crippen LogP contribution in [-0.2, 0) is 22.9 Å². The van der Waals surface area contributed by atoms with Gasteiger partial charge in [0.25, 0.3) is 0 Å². The zero-order valence-corrected chi connectivity index (χ0v) is 14.1. The molecule has 1 fully saturated rings. The summed E-state index contributed by atoms with van der Waals surface area (Å²) >= 11 is 0. The Morgan fingerprint density at radius 1 is 1.18 bits per heavy atom. The van der Waals surface area contributed by atoms with Gasteiger partial charge in [0, 0.05) is 24.9 Å². The van der Waals surface area contributed by atoms with Crippen molar-refractivity contribution in [1.29, 1.82) is 0 Å². The summed E-state index contributed by atoms with van der Waals surface area (Å²) < 4.78 is 15.9. The fourth-order valence-electron chi connectivity index (χ4n) is 2.55. The lowest BCUT2D eigenvalue weighted by atomic mass is 9.82. The molecule has 0 radical (unpaired) electrons. The summed E-state index contributed by atoms with van der Waals surface area (Å²) in [5, 5.41) is 8.77. The maximum absolute atomic E-state index is 6.05. The lowest BCUT2D eigenvalue weighted by molar-refractivity contribution is 0.00578. The van der Waals surface area contributed by atoms with E-state index in [1.807, 2.05) is 35.7 Å². The van der Waals surface area contributed by atoms with Crippen molar-refractivity contribution < 1.29 is 9.31 Å². The summed E-state index contributed by atoms with van der Waals surface area (Å²) in [4.78, 5) is 0. The Kier molecular flexibility index (Phi) is 3.45. The van der Waals surface area contributed by atoms with E-state index in [-0.39, 0.29) is 18.3 Å². The van der Waals surface area contributed by atoms with Crippen molar-refractivity contribution in [1.82, 2.24) is 19.6 Å². The van der Waals surface area contributed by atoms with Gasteiger partial charge in [0.2, 0.25) is 0 Å². The fourth-order valence-corrected chi connectivity index (χ4v) is 2.55. The molecule has 0 saturated carbocycles. The Hall–Kier alpha value is -1.60. The molecule has 0 N–H and O–H groups in total. The van der Waals surface area contributed by atoms with Gasteiger partial charge in [-0.15, -0.1) is 0 Å². The molecule has 0 atom stereocenters. The Morgan fingerprint density at radius 2 is 1.82 bits per heavy atom. The lowest BCUT2D eigenvalue weighted by Crippen LogP contribution is -2.41. The summed E-state index contributed by atoms with van der Waals surface area (Å²) in [7, 11) is 1.58. The first-order valence-corrected chi connectivity index (χ1v) is 7.55. The average molecular weight is 302 g/mol. The van der Waals surface area contributed by atoms with E-state index in [0.29, 0.717) is 6.54 Å². The second-order valence-electron chi connectivity index (χ2n) is 6.96. The minimum absolute atomic E-state index is 0.334. The van der Waals surface area contributed by atoms with Gasteiger partial charge in [-0.05, 0) is 40.7 Å². The van der Waals surface area contributed by atoms with Gasteiger partial charge in [-0.25, -0.2) is 0 Å². The van der Waals surface area contributed by atoms with Crippen molar-refractivity contribution >= 4 is 12.6 Å². The van der Waals surface area contributed by atoms with Gasteiger partial charge in [-0.2, -0.15) is 10.2 Å². The first kappa shape index (κ1) is 15.3. The van der Waals surface area contributed by atoms with Crippen LogP contribution in [0.3, 0.4) is 0 Å². The van der Waals surface area contributed by atoms with E-state index in [1.165, 1.54) is 0 Å². The first-order valence-electron chi connectivity index (χ1n) is 7.55. The standard InChI is InChI=1S/C15H23BN4O2/c1-11-7-13(19(6)18-11)10-20-9-12(8-17-20)16-21-14(2,3)15(4,5)22-16/h7-9H,10H2,1-6H3. The number of rotatable bonds is 3. The third-order valence-electron chi connectivity index (χ3n) is 4.60. The van der Waals surface area contributed by atoms with Crippen LogP contribution < -0.4 is 5.46 Å². The van der Waals surface area contributed by atoms with Crippen LogP contribution in [0.15, 0.2) is 18.5 Å². The topological polar surface area (TPSA) is 54.1 Å². The predicted molar refractivity (Wildman–Crippen MR) is 85.0 cm³/mol. The van der Waals surface area contributed by atoms with Crippen molar-refractivity contribution in [2.24, 2.45) is 7.05 Å². The summed E-state index contributed by atoms with van der Waals surface area (Å²) in [6.45, 7) is 10.9. The summed E-state index contributed by atoms with van der Waals surface area (Å²) in [6.07, 6.45) is 3.79. The maximum atomic E-state index is 6.05. The third-order valence-corrected chi connectivity index (χ3v) is 4.60. The number of aryl methyl sites for hydroxylation is 2. The fraction of sp³-hybridized carbons (Fsp3) is 0.600. The Morgan fingerprint density at radius 3 is 2.36 bits per heavy atom. The van der Waals surface area contributed by atoms with Gasteiger partial charge in [-0.3, -0.25) is 9.36 Å². The van der Waals surface area contributed by atoms with E-state index >= 15 is 0 Å². The molecule has 1 saturated heterocycles. The zero-order chi connectivity index (χ0) is 16.1. The minimum Gasteiger partial charge on any atom is -0.399 e. The molecular weight excluding hydrogens is 279 g/mol. The normalized spacial score (nSPS) is 19.8. The second kappa shape index (κ2) is 4.96. The quantitative estimate of drug-likeness (QED) is 0.801. The van der Waals surface area contributed by atoms with Crippen LogP contribution in [-0.4, -0.2) is 37.9 Å². The van der Waals surface area contributed by atoms with Crippen LogP contribution in [0.25, 0.3) is 0 Å². The molecule has 0 unspecified atom stereocenters. The molecule has 0 aromatic carbocycles.